The minimum Gasteiger partial charge on any atom is -0.493 e. The number of aliphatic imine (C=N–C) groups is 1. The van der Waals surface area contributed by atoms with Gasteiger partial charge in [-0.25, -0.2) is 0 Å². The number of methoxy groups -OCH3 is 1. The van der Waals surface area contributed by atoms with Gasteiger partial charge in [-0.1, -0.05) is 29.6 Å². The van der Waals surface area contributed by atoms with Crippen molar-refractivity contribution in [2.24, 2.45) is 4.99 Å². The van der Waals surface area contributed by atoms with Gasteiger partial charge in [0.15, 0.2) is 11.5 Å². The molecule has 5 nitrogen and oxygen atoms in total. The number of alkyl halides is 2. The Kier molecular flexibility index (Phi) is 6.97. The van der Waals surface area contributed by atoms with Gasteiger partial charge in [-0.05, 0) is 17.7 Å². The molecule has 0 radical (unpaired) electrons. The van der Waals surface area contributed by atoms with Crippen LogP contribution in [0.25, 0.3) is 0 Å². The van der Waals surface area contributed by atoms with Gasteiger partial charge in [0, 0.05) is 12.3 Å². The number of hydrogen-bond acceptors (Lipinski definition) is 6. The van der Waals surface area contributed by atoms with Crippen LogP contribution in [-0.4, -0.2) is 42.1 Å². The highest BCUT2D eigenvalue weighted by Gasteiger charge is 2.13. The van der Waals surface area contributed by atoms with E-state index < -0.39 is 6.61 Å². The fraction of sp³-hybridized carbons (Fsp3) is 0.429. The van der Waals surface area contributed by atoms with E-state index in [1.165, 1.54) is 24.9 Å². The van der Waals surface area contributed by atoms with E-state index in [4.69, 9.17) is 4.74 Å². The number of carbonyl (C=O) groups is 1. The Morgan fingerprint density at radius 3 is 2.96 bits per heavy atom. The molecule has 0 aliphatic carbocycles. The second kappa shape index (κ2) is 8.97. The second-order valence-electron chi connectivity index (χ2n) is 4.43. The van der Waals surface area contributed by atoms with Crippen LogP contribution >= 0.6 is 23.5 Å². The number of benzene rings is 1. The molecule has 0 bridgehead atoms. The molecule has 0 aromatic heterocycles. The molecule has 0 fully saturated rings. The van der Waals surface area contributed by atoms with Crippen LogP contribution in [0.15, 0.2) is 23.2 Å². The Morgan fingerprint density at radius 1 is 1.48 bits per heavy atom. The van der Waals surface area contributed by atoms with Gasteiger partial charge in [0.2, 0.25) is 5.91 Å². The maximum Gasteiger partial charge on any atom is 0.387 e. The van der Waals surface area contributed by atoms with Crippen molar-refractivity contribution >= 4 is 33.8 Å². The summed E-state index contributed by atoms with van der Waals surface area (Å²) in [6.07, 6.45) is 0. The van der Waals surface area contributed by atoms with Gasteiger partial charge in [0.1, 0.15) is 4.38 Å². The highest BCUT2D eigenvalue weighted by molar-refractivity contribution is 8.39. The Hall–Kier alpha value is -1.48. The van der Waals surface area contributed by atoms with Gasteiger partial charge in [0.05, 0.1) is 19.4 Å². The molecular formula is C14H16F2N2O3S2. The van der Waals surface area contributed by atoms with E-state index >= 15 is 0 Å². The zero-order valence-corrected chi connectivity index (χ0v) is 14.0. The third-order valence-corrected chi connectivity index (χ3v) is 5.07. The molecule has 1 aromatic carbocycles. The summed E-state index contributed by atoms with van der Waals surface area (Å²) in [6, 6.07) is 4.55. The van der Waals surface area contributed by atoms with Crippen LogP contribution in [0.4, 0.5) is 8.78 Å². The lowest BCUT2D eigenvalue weighted by Gasteiger charge is -2.12. The Bertz CT molecular complexity index is 585. The summed E-state index contributed by atoms with van der Waals surface area (Å²) in [7, 11) is 1.37. The van der Waals surface area contributed by atoms with E-state index in [2.05, 4.69) is 15.0 Å². The zero-order valence-electron chi connectivity index (χ0n) is 12.4. The normalized spacial score (nSPS) is 13.8. The van der Waals surface area contributed by atoms with E-state index in [-0.39, 0.29) is 24.0 Å². The van der Waals surface area contributed by atoms with E-state index in [0.29, 0.717) is 5.75 Å². The monoisotopic (exact) mass is 362 g/mol. The Labute approximate surface area is 141 Å². The molecule has 2 rings (SSSR count). The predicted octanol–water partition coefficient (Wildman–Crippen LogP) is 2.75. The first-order valence-corrected chi connectivity index (χ1v) is 8.74. The topological polar surface area (TPSA) is 59.9 Å². The average Bonchev–Trinajstić information content (AvgIpc) is 3.04. The highest BCUT2D eigenvalue weighted by Crippen LogP contribution is 2.29. The molecule has 1 aromatic rings. The van der Waals surface area contributed by atoms with Gasteiger partial charge in [-0.15, -0.1) is 0 Å². The number of rotatable bonds is 7. The van der Waals surface area contributed by atoms with Crippen LogP contribution in [0.5, 0.6) is 11.5 Å². The van der Waals surface area contributed by atoms with E-state index in [1.54, 1.807) is 23.9 Å². The van der Waals surface area contributed by atoms with Crippen LogP contribution in [0.3, 0.4) is 0 Å². The number of halogens is 2. The van der Waals surface area contributed by atoms with Crippen molar-refractivity contribution in [2.45, 2.75) is 13.2 Å². The van der Waals surface area contributed by atoms with Crippen LogP contribution < -0.4 is 14.8 Å². The van der Waals surface area contributed by atoms with Crippen molar-refractivity contribution in [3.05, 3.63) is 23.8 Å². The lowest BCUT2D eigenvalue weighted by atomic mass is 10.2. The minimum absolute atomic E-state index is 0.0376. The molecule has 0 atom stereocenters. The standard InChI is InChI=1S/C14H16F2N2O3S2/c1-20-11-6-9(2-3-10(11)21-13(15)16)7-18-12(19)8-23-14-17-4-5-22-14/h2-3,6,13H,4-5,7-8H2,1H3,(H,18,19). The minimum atomic E-state index is -2.91. The molecule has 126 valence electrons. The highest BCUT2D eigenvalue weighted by atomic mass is 32.2. The average molecular weight is 362 g/mol. The quantitative estimate of drug-likeness (QED) is 0.808. The molecule has 0 saturated heterocycles. The van der Waals surface area contributed by atoms with Crippen LogP contribution in [0.1, 0.15) is 5.56 Å². The van der Waals surface area contributed by atoms with Crippen molar-refractivity contribution < 1.29 is 23.0 Å². The number of nitrogens with zero attached hydrogens (tertiary/aromatic N) is 1. The van der Waals surface area contributed by atoms with Crippen LogP contribution in [0.2, 0.25) is 0 Å². The molecule has 1 heterocycles. The molecule has 23 heavy (non-hydrogen) atoms. The fourth-order valence-electron chi connectivity index (χ4n) is 1.80. The summed E-state index contributed by atoms with van der Waals surface area (Å²) in [4.78, 5) is 16.0. The third kappa shape index (κ3) is 5.91. The summed E-state index contributed by atoms with van der Waals surface area (Å²) in [5.74, 6) is 1.32. The van der Waals surface area contributed by atoms with Gasteiger partial charge in [-0.2, -0.15) is 8.78 Å². The molecule has 1 amide bonds. The number of amides is 1. The van der Waals surface area contributed by atoms with Gasteiger partial charge >= 0.3 is 6.61 Å². The summed E-state index contributed by atoms with van der Waals surface area (Å²) >= 11 is 3.07. The smallest absolute Gasteiger partial charge is 0.387 e. The second-order valence-corrected chi connectivity index (χ2v) is 6.73. The number of hydrogen-bond donors (Lipinski definition) is 1. The van der Waals surface area contributed by atoms with Gasteiger partial charge in [-0.3, -0.25) is 9.79 Å². The molecular weight excluding hydrogens is 346 g/mol. The predicted molar refractivity (Wildman–Crippen MR) is 88.7 cm³/mol. The van der Waals surface area contributed by atoms with Gasteiger partial charge < -0.3 is 14.8 Å². The van der Waals surface area contributed by atoms with E-state index in [0.717, 1.165) is 22.2 Å². The maximum absolute atomic E-state index is 12.3. The van der Waals surface area contributed by atoms with Crippen molar-refractivity contribution in [3.63, 3.8) is 0 Å². The van der Waals surface area contributed by atoms with Crippen molar-refractivity contribution in [1.82, 2.24) is 5.32 Å². The van der Waals surface area contributed by atoms with Crippen LogP contribution in [0, 0.1) is 0 Å². The van der Waals surface area contributed by atoms with Crippen molar-refractivity contribution in [1.29, 1.82) is 0 Å². The molecule has 0 saturated carbocycles. The van der Waals surface area contributed by atoms with Crippen molar-refractivity contribution in [2.75, 3.05) is 25.2 Å². The maximum atomic E-state index is 12.3. The fourth-order valence-corrected chi connectivity index (χ4v) is 3.64. The summed E-state index contributed by atoms with van der Waals surface area (Å²) in [5.41, 5.74) is 0.731. The molecule has 1 aliphatic heterocycles. The lowest BCUT2D eigenvalue weighted by molar-refractivity contribution is -0.118. The SMILES string of the molecule is COc1cc(CNC(=O)CSC2=NCCS2)ccc1OC(F)F. The van der Waals surface area contributed by atoms with E-state index in [9.17, 15) is 13.6 Å². The molecule has 1 N–H and O–H groups in total. The summed E-state index contributed by atoms with van der Waals surface area (Å²) in [5, 5.41) is 2.77. The first-order chi connectivity index (χ1) is 11.1. The third-order valence-electron chi connectivity index (χ3n) is 2.82. The van der Waals surface area contributed by atoms with Crippen molar-refractivity contribution in [3.8, 4) is 11.5 Å². The number of thioether (sulfide) groups is 2. The molecule has 1 aliphatic rings. The summed E-state index contributed by atoms with van der Waals surface area (Å²) in [6.45, 7) is -1.82. The summed E-state index contributed by atoms with van der Waals surface area (Å²) < 4.78 is 34.8. The Balaban J connectivity index is 1.83. The molecule has 0 spiro atoms. The number of carbonyl (C=O) groups excluding carboxylic acids is 1. The Morgan fingerprint density at radius 2 is 2.30 bits per heavy atom. The lowest BCUT2D eigenvalue weighted by Crippen LogP contribution is -2.24. The molecule has 9 heteroatoms. The first kappa shape index (κ1) is 17.9. The van der Waals surface area contributed by atoms with E-state index in [1.807, 2.05) is 0 Å². The van der Waals surface area contributed by atoms with Crippen LogP contribution in [-0.2, 0) is 11.3 Å². The zero-order chi connectivity index (χ0) is 16.7. The number of nitrogens with one attached hydrogen (secondary N) is 1. The molecule has 0 unspecified atom stereocenters. The number of ether oxygens (including phenoxy) is 2. The largest absolute Gasteiger partial charge is 0.493 e. The van der Waals surface area contributed by atoms with Gasteiger partial charge in [0.25, 0.3) is 0 Å². The first-order valence-electron chi connectivity index (χ1n) is 6.77.